The standard InChI is InChI=1S/C8H5BrN2O2/c9-5-3-1-2-4-6(5)10-11-7(4)8(12)13/h1-3H,(H,10,11)(H,12,13)/p-1. The monoisotopic (exact) mass is 239 g/mol. The van der Waals surface area contributed by atoms with Gasteiger partial charge in [-0.3, -0.25) is 5.10 Å². The molecule has 1 N–H and O–H groups in total. The smallest absolute Gasteiger partial charge is 0.107 e. The van der Waals surface area contributed by atoms with Crippen LogP contribution in [0.1, 0.15) is 10.5 Å². The van der Waals surface area contributed by atoms with Crippen LogP contribution in [0.3, 0.4) is 0 Å². The Morgan fingerprint density at radius 1 is 1.54 bits per heavy atom. The van der Waals surface area contributed by atoms with Crippen LogP contribution in [0.2, 0.25) is 0 Å². The molecule has 4 nitrogen and oxygen atoms in total. The van der Waals surface area contributed by atoms with E-state index in [0.717, 1.165) is 4.47 Å². The molecule has 0 amide bonds. The van der Waals surface area contributed by atoms with Gasteiger partial charge in [0.15, 0.2) is 0 Å². The Hall–Kier alpha value is -1.36. The highest BCUT2D eigenvalue weighted by atomic mass is 79.9. The van der Waals surface area contributed by atoms with Gasteiger partial charge in [0, 0.05) is 9.86 Å². The molecule has 1 heterocycles. The van der Waals surface area contributed by atoms with E-state index in [9.17, 15) is 9.90 Å². The lowest BCUT2D eigenvalue weighted by molar-refractivity contribution is -0.255. The second-order valence-electron chi connectivity index (χ2n) is 2.52. The van der Waals surface area contributed by atoms with E-state index in [1.165, 1.54) is 0 Å². The number of fused-ring (bicyclic) bond motifs is 1. The van der Waals surface area contributed by atoms with E-state index in [1.807, 2.05) is 0 Å². The van der Waals surface area contributed by atoms with Crippen LogP contribution in [0.25, 0.3) is 10.9 Å². The van der Waals surface area contributed by atoms with Gasteiger partial charge in [0.2, 0.25) is 0 Å². The molecule has 0 atom stereocenters. The van der Waals surface area contributed by atoms with E-state index < -0.39 is 5.97 Å². The summed E-state index contributed by atoms with van der Waals surface area (Å²) >= 11 is 3.26. The molecule has 0 aliphatic carbocycles. The van der Waals surface area contributed by atoms with Crippen molar-refractivity contribution < 1.29 is 9.90 Å². The predicted octanol–water partition coefficient (Wildman–Crippen LogP) is 0.689. The van der Waals surface area contributed by atoms with Crippen molar-refractivity contribution >= 4 is 32.8 Å². The molecule has 0 bridgehead atoms. The number of aromatic nitrogens is 2. The number of hydrogen-bond acceptors (Lipinski definition) is 3. The van der Waals surface area contributed by atoms with Crippen molar-refractivity contribution in [2.24, 2.45) is 0 Å². The third kappa shape index (κ3) is 1.21. The van der Waals surface area contributed by atoms with Gasteiger partial charge in [0.05, 0.1) is 11.7 Å². The number of H-pyrrole nitrogens is 1. The number of hydrogen-bond donors (Lipinski definition) is 1. The Bertz CT molecular complexity index is 478. The summed E-state index contributed by atoms with van der Waals surface area (Å²) in [5, 5.41) is 17.4. The highest BCUT2D eigenvalue weighted by Crippen LogP contribution is 2.23. The highest BCUT2D eigenvalue weighted by molar-refractivity contribution is 9.10. The Balaban J connectivity index is 2.83. The van der Waals surface area contributed by atoms with Crippen molar-refractivity contribution in [3.63, 3.8) is 0 Å². The van der Waals surface area contributed by atoms with Crippen LogP contribution >= 0.6 is 15.9 Å². The van der Waals surface area contributed by atoms with Gasteiger partial charge in [0.1, 0.15) is 5.52 Å². The summed E-state index contributed by atoms with van der Waals surface area (Å²) < 4.78 is 0.758. The number of para-hydroxylation sites is 1. The van der Waals surface area contributed by atoms with Crippen LogP contribution in [0.15, 0.2) is 22.7 Å². The molecule has 2 rings (SSSR count). The molecular weight excluding hydrogens is 236 g/mol. The number of nitrogens with one attached hydrogen (secondary N) is 1. The summed E-state index contributed by atoms with van der Waals surface area (Å²) in [5.74, 6) is -1.25. The van der Waals surface area contributed by atoms with Gasteiger partial charge in [-0.2, -0.15) is 5.10 Å². The van der Waals surface area contributed by atoms with Crippen LogP contribution in [0, 0.1) is 0 Å². The molecule has 0 saturated carbocycles. The first-order valence-electron chi connectivity index (χ1n) is 3.54. The lowest BCUT2D eigenvalue weighted by Crippen LogP contribution is -2.22. The molecule has 0 fully saturated rings. The summed E-state index contributed by atoms with van der Waals surface area (Å²) in [6, 6.07) is 5.21. The maximum Gasteiger partial charge on any atom is 0.107 e. The second kappa shape index (κ2) is 2.85. The molecule has 2 aromatic rings. The van der Waals surface area contributed by atoms with Gasteiger partial charge in [0.25, 0.3) is 0 Å². The van der Waals surface area contributed by atoms with Gasteiger partial charge in [-0.15, -0.1) is 0 Å². The van der Waals surface area contributed by atoms with E-state index in [4.69, 9.17) is 0 Å². The van der Waals surface area contributed by atoms with Crippen molar-refractivity contribution in [2.75, 3.05) is 0 Å². The summed E-state index contributed by atoms with van der Waals surface area (Å²) in [6.07, 6.45) is 0. The largest absolute Gasteiger partial charge is 0.543 e. The number of carbonyl (C=O) groups excluding carboxylic acids is 1. The van der Waals surface area contributed by atoms with E-state index in [2.05, 4.69) is 26.1 Å². The summed E-state index contributed by atoms with van der Waals surface area (Å²) in [6.45, 7) is 0. The molecule has 1 aromatic carbocycles. The number of halogens is 1. The average Bonchev–Trinajstić information content (AvgIpc) is 2.48. The van der Waals surface area contributed by atoms with Crippen molar-refractivity contribution in [3.05, 3.63) is 28.4 Å². The first kappa shape index (κ1) is 8.25. The topological polar surface area (TPSA) is 68.8 Å². The summed E-state index contributed by atoms with van der Waals surface area (Å²) in [7, 11) is 0. The number of aromatic carboxylic acids is 1. The van der Waals surface area contributed by atoms with Gasteiger partial charge in [-0.25, -0.2) is 0 Å². The summed E-state index contributed by atoms with van der Waals surface area (Å²) in [4.78, 5) is 10.6. The Kier molecular flexibility index (Phi) is 1.81. The zero-order valence-corrected chi connectivity index (χ0v) is 7.96. The molecule has 5 heteroatoms. The molecule has 0 unspecified atom stereocenters. The molecule has 0 spiro atoms. The fourth-order valence-corrected chi connectivity index (χ4v) is 1.61. The number of aromatic amines is 1. The number of rotatable bonds is 1. The van der Waals surface area contributed by atoms with Crippen molar-refractivity contribution in [1.29, 1.82) is 0 Å². The number of carboxylic acids is 1. The van der Waals surface area contributed by atoms with Crippen molar-refractivity contribution in [3.8, 4) is 0 Å². The average molecular weight is 240 g/mol. The quantitative estimate of drug-likeness (QED) is 0.797. The maximum absolute atomic E-state index is 10.6. The van der Waals surface area contributed by atoms with Crippen molar-refractivity contribution in [2.45, 2.75) is 0 Å². The minimum Gasteiger partial charge on any atom is -0.543 e. The molecule has 13 heavy (non-hydrogen) atoms. The minimum atomic E-state index is -1.25. The lowest BCUT2D eigenvalue weighted by atomic mass is 10.2. The lowest BCUT2D eigenvalue weighted by Gasteiger charge is -1.97. The number of nitrogens with zero attached hydrogens (tertiary/aromatic N) is 1. The number of carbonyl (C=O) groups is 1. The van der Waals surface area contributed by atoms with Crippen LogP contribution in [-0.2, 0) is 0 Å². The minimum absolute atomic E-state index is 0.0105. The van der Waals surface area contributed by atoms with E-state index in [1.54, 1.807) is 18.2 Å². The van der Waals surface area contributed by atoms with Crippen LogP contribution in [0.5, 0.6) is 0 Å². The van der Waals surface area contributed by atoms with Crippen molar-refractivity contribution in [1.82, 2.24) is 10.2 Å². The second-order valence-corrected chi connectivity index (χ2v) is 3.38. The Morgan fingerprint density at radius 3 is 3.00 bits per heavy atom. The van der Waals surface area contributed by atoms with E-state index in [-0.39, 0.29) is 5.69 Å². The number of carboxylic acid groups (broad SMARTS) is 1. The third-order valence-corrected chi connectivity index (χ3v) is 2.38. The molecule has 66 valence electrons. The van der Waals surface area contributed by atoms with Gasteiger partial charge >= 0.3 is 0 Å². The van der Waals surface area contributed by atoms with Crippen LogP contribution in [-0.4, -0.2) is 16.2 Å². The van der Waals surface area contributed by atoms with Crippen LogP contribution < -0.4 is 5.11 Å². The third-order valence-electron chi connectivity index (χ3n) is 1.74. The molecule has 0 saturated heterocycles. The highest BCUT2D eigenvalue weighted by Gasteiger charge is 2.07. The maximum atomic E-state index is 10.6. The fourth-order valence-electron chi connectivity index (χ4n) is 1.16. The molecule has 1 aromatic heterocycles. The summed E-state index contributed by atoms with van der Waals surface area (Å²) in [5.41, 5.74) is 0.609. The molecule has 0 radical (unpaired) electrons. The Morgan fingerprint density at radius 2 is 2.31 bits per heavy atom. The Labute approximate surface area is 81.7 Å². The fraction of sp³-hybridized carbons (Fsp3) is 0. The molecule has 0 aliphatic rings. The van der Waals surface area contributed by atoms with Gasteiger partial charge in [-0.1, -0.05) is 12.1 Å². The zero-order chi connectivity index (χ0) is 9.42. The molecular formula is C8H4BrN2O2-. The van der Waals surface area contributed by atoms with Gasteiger partial charge < -0.3 is 9.90 Å². The first-order chi connectivity index (χ1) is 6.20. The van der Waals surface area contributed by atoms with E-state index in [0.29, 0.717) is 10.9 Å². The number of benzene rings is 1. The first-order valence-corrected chi connectivity index (χ1v) is 4.33. The zero-order valence-electron chi connectivity index (χ0n) is 6.37. The van der Waals surface area contributed by atoms with E-state index >= 15 is 0 Å². The van der Waals surface area contributed by atoms with Crippen LogP contribution in [0.4, 0.5) is 0 Å². The molecule has 0 aliphatic heterocycles. The normalized spacial score (nSPS) is 10.5. The SMILES string of the molecule is O=C([O-])c1[nH]nc2c(Br)cccc12. The van der Waals surface area contributed by atoms with Gasteiger partial charge in [-0.05, 0) is 22.0 Å². The predicted molar refractivity (Wildman–Crippen MR) is 48.1 cm³/mol.